The molecule has 5 unspecified atom stereocenters. The Morgan fingerprint density at radius 2 is 2.14 bits per heavy atom. The maximum absolute atomic E-state index is 10.7. The van der Waals surface area contributed by atoms with E-state index in [9.17, 15) is 5.11 Å². The van der Waals surface area contributed by atoms with Crippen molar-refractivity contribution in [3.8, 4) is 0 Å². The molecule has 0 amide bonds. The summed E-state index contributed by atoms with van der Waals surface area (Å²) in [7, 11) is 0. The van der Waals surface area contributed by atoms with Crippen molar-refractivity contribution < 1.29 is 9.63 Å². The van der Waals surface area contributed by atoms with Gasteiger partial charge in [-0.1, -0.05) is 24.9 Å². The lowest BCUT2D eigenvalue weighted by molar-refractivity contribution is 0.0510. The van der Waals surface area contributed by atoms with E-state index in [1.807, 2.05) is 24.7 Å². The van der Waals surface area contributed by atoms with E-state index >= 15 is 0 Å². The maximum Gasteiger partial charge on any atom is 0.138 e. The van der Waals surface area contributed by atoms with Crippen LogP contribution < -0.4 is 5.32 Å². The van der Waals surface area contributed by atoms with Gasteiger partial charge in [-0.3, -0.25) is 4.68 Å². The molecule has 2 aromatic heterocycles. The topological polar surface area (TPSA) is 76.1 Å². The molecule has 2 aliphatic rings. The number of anilines is 1. The van der Waals surface area contributed by atoms with Gasteiger partial charge in [-0.05, 0) is 69.6 Å². The molecule has 5 atom stereocenters. The Morgan fingerprint density at radius 1 is 1.29 bits per heavy atom. The lowest BCUT2D eigenvalue weighted by atomic mass is 9.62. The third kappa shape index (κ3) is 4.27. The van der Waals surface area contributed by atoms with Gasteiger partial charge in [0.2, 0.25) is 0 Å². The molecule has 2 aliphatic carbocycles. The second-order valence-corrected chi connectivity index (χ2v) is 9.07. The molecule has 2 fully saturated rings. The third-order valence-electron chi connectivity index (χ3n) is 7.12. The molecule has 6 nitrogen and oxygen atoms in total. The first-order chi connectivity index (χ1) is 13.5. The first kappa shape index (κ1) is 19.5. The number of rotatable bonds is 7. The monoisotopic (exact) mass is 386 g/mol. The van der Waals surface area contributed by atoms with Crippen LogP contribution in [0.1, 0.15) is 68.9 Å². The summed E-state index contributed by atoms with van der Waals surface area (Å²) in [6, 6.07) is 0. The van der Waals surface area contributed by atoms with Crippen LogP contribution in [-0.2, 0) is 6.54 Å². The Hall–Kier alpha value is -1.82. The van der Waals surface area contributed by atoms with Crippen LogP contribution in [0.15, 0.2) is 16.9 Å². The predicted octanol–water partition coefficient (Wildman–Crippen LogP) is 4.51. The number of aromatic nitrogens is 3. The van der Waals surface area contributed by atoms with Crippen LogP contribution in [0.5, 0.6) is 0 Å². The van der Waals surface area contributed by atoms with E-state index in [2.05, 4.69) is 22.5 Å². The zero-order valence-corrected chi connectivity index (χ0v) is 17.4. The van der Waals surface area contributed by atoms with E-state index in [1.54, 1.807) is 6.20 Å². The molecule has 6 heteroatoms. The summed E-state index contributed by atoms with van der Waals surface area (Å²) in [5, 5.41) is 22.3. The quantitative estimate of drug-likeness (QED) is 0.685. The van der Waals surface area contributed by atoms with Gasteiger partial charge in [0.05, 0.1) is 24.1 Å². The first-order valence-electron chi connectivity index (χ1n) is 10.9. The molecule has 0 saturated heterocycles. The summed E-state index contributed by atoms with van der Waals surface area (Å²) in [5.74, 6) is 4.12. The normalized spacial score (nSPS) is 28.3. The zero-order valence-electron chi connectivity index (χ0n) is 17.4. The molecular weight excluding hydrogens is 352 g/mol. The minimum absolute atomic E-state index is 0.514. The van der Waals surface area contributed by atoms with E-state index in [0.717, 1.165) is 46.9 Å². The van der Waals surface area contributed by atoms with Crippen molar-refractivity contribution in [3.05, 3.63) is 29.4 Å². The molecule has 0 spiro atoms. The fourth-order valence-electron chi connectivity index (χ4n) is 5.52. The van der Waals surface area contributed by atoms with Crippen molar-refractivity contribution in [2.45, 2.75) is 78.5 Å². The highest BCUT2D eigenvalue weighted by Gasteiger charge is 2.37. The van der Waals surface area contributed by atoms with Crippen LogP contribution in [0.2, 0.25) is 0 Å². The van der Waals surface area contributed by atoms with Gasteiger partial charge in [-0.2, -0.15) is 5.10 Å². The Morgan fingerprint density at radius 3 is 2.89 bits per heavy atom. The van der Waals surface area contributed by atoms with Crippen LogP contribution in [0.4, 0.5) is 5.69 Å². The highest BCUT2D eigenvalue weighted by atomic mass is 16.5. The van der Waals surface area contributed by atoms with Crippen molar-refractivity contribution in [2.75, 3.05) is 5.32 Å². The molecule has 2 heterocycles. The van der Waals surface area contributed by atoms with Crippen molar-refractivity contribution in [3.63, 3.8) is 0 Å². The van der Waals surface area contributed by atoms with Crippen molar-refractivity contribution in [1.29, 1.82) is 0 Å². The molecule has 2 N–H and O–H groups in total. The fourth-order valence-corrected chi connectivity index (χ4v) is 5.52. The van der Waals surface area contributed by atoms with Crippen LogP contribution in [-0.4, -0.2) is 26.3 Å². The molecule has 28 heavy (non-hydrogen) atoms. The fraction of sp³-hybridized carbons (Fsp3) is 0.727. The Kier molecular flexibility index (Phi) is 5.76. The standard InChI is InChI=1S/C22H34N4O2/c1-4-16-7-17-5-6-18(19(8-16)9-17)10-22(27)24-20-11-23-26(12-20)13-21-14(2)25-28-15(21)3/h11-12,16-19,22,24,27H,4-10,13H2,1-3H3. The summed E-state index contributed by atoms with van der Waals surface area (Å²) in [4.78, 5) is 0. The van der Waals surface area contributed by atoms with Gasteiger partial charge in [0.15, 0.2) is 0 Å². The molecule has 4 rings (SSSR count). The minimum Gasteiger partial charge on any atom is -0.374 e. The largest absolute Gasteiger partial charge is 0.374 e. The molecule has 0 aromatic carbocycles. The van der Waals surface area contributed by atoms with E-state index < -0.39 is 6.23 Å². The van der Waals surface area contributed by atoms with E-state index in [4.69, 9.17) is 4.52 Å². The van der Waals surface area contributed by atoms with E-state index in [1.165, 1.54) is 38.5 Å². The summed E-state index contributed by atoms with van der Waals surface area (Å²) < 4.78 is 7.09. The highest BCUT2D eigenvalue weighted by Crippen LogP contribution is 2.47. The molecule has 154 valence electrons. The number of aryl methyl sites for hydroxylation is 2. The van der Waals surface area contributed by atoms with Gasteiger partial charge in [0.25, 0.3) is 0 Å². The Balaban J connectivity index is 1.32. The second kappa shape index (κ2) is 8.27. The summed E-state index contributed by atoms with van der Waals surface area (Å²) in [5.41, 5.74) is 2.83. The third-order valence-corrected chi connectivity index (χ3v) is 7.12. The molecular formula is C22H34N4O2. The number of aliphatic hydroxyl groups is 1. The van der Waals surface area contributed by atoms with Crippen molar-refractivity contribution in [1.82, 2.24) is 14.9 Å². The van der Waals surface area contributed by atoms with Crippen molar-refractivity contribution in [2.24, 2.45) is 23.7 Å². The molecule has 0 radical (unpaired) electrons. The highest BCUT2D eigenvalue weighted by molar-refractivity contribution is 5.39. The van der Waals surface area contributed by atoms with Crippen LogP contribution >= 0.6 is 0 Å². The first-order valence-corrected chi connectivity index (χ1v) is 10.9. The molecule has 0 aliphatic heterocycles. The summed E-state index contributed by atoms with van der Waals surface area (Å²) in [6.45, 7) is 6.83. The number of hydrogen-bond donors (Lipinski definition) is 2. The lowest BCUT2D eigenvalue weighted by Gasteiger charge is -2.44. The van der Waals surface area contributed by atoms with Crippen LogP contribution in [0.3, 0.4) is 0 Å². The van der Waals surface area contributed by atoms with Gasteiger partial charge in [-0.15, -0.1) is 0 Å². The Bertz CT molecular complexity index is 764. The van der Waals surface area contributed by atoms with Crippen molar-refractivity contribution >= 4 is 5.69 Å². The zero-order chi connectivity index (χ0) is 19.7. The number of fused-ring (bicyclic) bond motifs is 2. The average molecular weight is 387 g/mol. The minimum atomic E-state index is -0.514. The SMILES string of the molecule is CCC1CC2CCC(CC(O)Nc3cnn(Cc4c(C)noc4C)c3)C(C1)C2. The van der Waals surface area contributed by atoms with Gasteiger partial charge < -0.3 is 14.9 Å². The van der Waals surface area contributed by atoms with Gasteiger partial charge in [0, 0.05) is 11.8 Å². The molecule has 2 bridgehead atoms. The number of aliphatic hydroxyl groups excluding tert-OH is 1. The molecule has 2 aromatic rings. The van der Waals surface area contributed by atoms with Gasteiger partial charge >= 0.3 is 0 Å². The van der Waals surface area contributed by atoms with Gasteiger partial charge in [-0.25, -0.2) is 0 Å². The Labute approximate surface area is 167 Å². The summed E-state index contributed by atoms with van der Waals surface area (Å²) >= 11 is 0. The number of nitrogens with zero attached hydrogens (tertiary/aromatic N) is 3. The van der Waals surface area contributed by atoms with Gasteiger partial charge in [0.1, 0.15) is 12.0 Å². The lowest BCUT2D eigenvalue weighted by Crippen LogP contribution is -2.35. The second-order valence-electron chi connectivity index (χ2n) is 9.07. The molecule has 2 saturated carbocycles. The summed E-state index contributed by atoms with van der Waals surface area (Å²) in [6.07, 6.45) is 12.2. The predicted molar refractivity (Wildman–Crippen MR) is 109 cm³/mol. The number of hydrogen-bond acceptors (Lipinski definition) is 5. The van der Waals surface area contributed by atoms with E-state index in [0.29, 0.717) is 12.5 Å². The van der Waals surface area contributed by atoms with E-state index in [-0.39, 0.29) is 0 Å². The van der Waals surface area contributed by atoms with Crippen LogP contribution in [0.25, 0.3) is 0 Å². The smallest absolute Gasteiger partial charge is 0.138 e. The average Bonchev–Trinajstić information content (AvgIpc) is 3.25. The maximum atomic E-state index is 10.7. The van der Waals surface area contributed by atoms with Crippen LogP contribution in [0, 0.1) is 37.5 Å². The number of nitrogens with one attached hydrogen (secondary N) is 1.